The highest BCUT2D eigenvalue weighted by Crippen LogP contribution is 2.13. The maximum atomic E-state index is 11.9. The molecule has 0 spiro atoms. The van der Waals surface area contributed by atoms with E-state index in [0.717, 1.165) is 37.6 Å². The van der Waals surface area contributed by atoms with Gasteiger partial charge in [0.15, 0.2) is 0 Å². The summed E-state index contributed by atoms with van der Waals surface area (Å²) in [6.45, 7) is 4.53. The summed E-state index contributed by atoms with van der Waals surface area (Å²) in [6.07, 6.45) is 3.45. The van der Waals surface area contributed by atoms with Crippen molar-refractivity contribution in [3.63, 3.8) is 0 Å². The fraction of sp³-hybridized carbons (Fsp3) is 0.438. The monoisotopic (exact) mass is 329 g/mol. The molecule has 2 aromatic heterocycles. The summed E-state index contributed by atoms with van der Waals surface area (Å²) in [5, 5.41) is 9.57. The molecule has 3 rings (SSSR count). The Bertz CT molecular complexity index is 674. The Labute approximate surface area is 141 Å². The lowest BCUT2D eigenvalue weighted by Crippen LogP contribution is -2.44. The topological polar surface area (TPSA) is 78.3 Å². The molecule has 1 aliphatic rings. The first-order valence-electron chi connectivity index (χ1n) is 8.03. The molecule has 0 aliphatic carbocycles. The summed E-state index contributed by atoms with van der Waals surface area (Å²) in [6, 6.07) is 5.50. The van der Waals surface area contributed by atoms with Crippen molar-refractivity contribution in [3.8, 4) is 0 Å². The Balaban J connectivity index is 1.49. The molecule has 8 nitrogen and oxygen atoms in total. The average Bonchev–Trinajstić information content (AvgIpc) is 2.99. The highest BCUT2D eigenvalue weighted by molar-refractivity contribution is 5.88. The number of likely N-dealkylation sites (N-methyl/N-ethyl adjacent to an activating group) is 1. The molecule has 0 bridgehead atoms. The van der Waals surface area contributed by atoms with Gasteiger partial charge in [0.05, 0.1) is 6.20 Å². The van der Waals surface area contributed by atoms with Crippen molar-refractivity contribution in [2.75, 3.05) is 43.4 Å². The number of nitrogens with zero attached hydrogens (tertiary/aromatic N) is 5. The third kappa shape index (κ3) is 4.02. The fourth-order valence-electron chi connectivity index (χ4n) is 2.58. The van der Waals surface area contributed by atoms with Crippen LogP contribution in [0.3, 0.4) is 0 Å². The second-order valence-corrected chi connectivity index (χ2v) is 5.96. The summed E-state index contributed by atoms with van der Waals surface area (Å²) < 4.78 is 1.60. The number of amides is 2. The molecular formula is C16H23N7O. The van der Waals surface area contributed by atoms with E-state index in [9.17, 15) is 4.79 Å². The van der Waals surface area contributed by atoms with Gasteiger partial charge >= 0.3 is 6.03 Å². The minimum Gasteiger partial charge on any atom is -0.354 e. The molecular weight excluding hydrogens is 306 g/mol. The molecule has 24 heavy (non-hydrogen) atoms. The minimum absolute atomic E-state index is 0.262. The van der Waals surface area contributed by atoms with E-state index in [1.165, 1.54) is 0 Å². The van der Waals surface area contributed by atoms with Crippen molar-refractivity contribution in [3.05, 3.63) is 36.2 Å². The third-order valence-electron chi connectivity index (χ3n) is 4.15. The molecule has 2 N–H and O–H groups in total. The van der Waals surface area contributed by atoms with Gasteiger partial charge < -0.3 is 15.1 Å². The van der Waals surface area contributed by atoms with Crippen LogP contribution in [0.2, 0.25) is 0 Å². The second-order valence-electron chi connectivity index (χ2n) is 5.96. The SMILES string of the molecule is CN1CCN(c2ccc(CNC(=O)Nc3ccnn3C)cn2)CC1. The van der Waals surface area contributed by atoms with E-state index in [1.807, 2.05) is 18.3 Å². The number of pyridine rings is 1. The molecule has 3 heterocycles. The lowest BCUT2D eigenvalue weighted by Gasteiger charge is -2.33. The van der Waals surface area contributed by atoms with Crippen LogP contribution in [0.15, 0.2) is 30.6 Å². The Morgan fingerprint density at radius 1 is 1.17 bits per heavy atom. The third-order valence-corrected chi connectivity index (χ3v) is 4.15. The molecule has 0 aromatic carbocycles. The number of carbonyl (C=O) groups is 1. The Kier molecular flexibility index (Phi) is 4.95. The predicted molar refractivity (Wildman–Crippen MR) is 93.0 cm³/mol. The van der Waals surface area contributed by atoms with Crippen molar-refractivity contribution < 1.29 is 4.79 Å². The van der Waals surface area contributed by atoms with Gasteiger partial charge in [0.1, 0.15) is 11.6 Å². The first-order chi connectivity index (χ1) is 11.6. The standard InChI is InChI=1S/C16H23N7O/c1-21-7-9-23(10-8-21)14-4-3-13(11-17-14)12-18-16(24)20-15-5-6-19-22(15)2/h3-6,11H,7-10,12H2,1-2H3,(H2,18,20,24). The number of aryl methyl sites for hydroxylation is 1. The molecule has 0 atom stereocenters. The second kappa shape index (κ2) is 7.31. The number of urea groups is 1. The van der Waals surface area contributed by atoms with Crippen LogP contribution in [0.4, 0.5) is 16.4 Å². The Morgan fingerprint density at radius 3 is 2.58 bits per heavy atom. The van der Waals surface area contributed by atoms with E-state index in [4.69, 9.17) is 0 Å². The van der Waals surface area contributed by atoms with Gasteiger partial charge in [-0.2, -0.15) is 5.10 Å². The van der Waals surface area contributed by atoms with Gasteiger partial charge in [0, 0.05) is 52.0 Å². The minimum atomic E-state index is -0.262. The fourth-order valence-corrected chi connectivity index (χ4v) is 2.58. The van der Waals surface area contributed by atoms with Crippen molar-refractivity contribution >= 4 is 17.7 Å². The number of hydrogen-bond acceptors (Lipinski definition) is 5. The van der Waals surface area contributed by atoms with Crippen LogP contribution < -0.4 is 15.5 Å². The first-order valence-corrected chi connectivity index (χ1v) is 8.03. The molecule has 0 radical (unpaired) electrons. The van der Waals surface area contributed by atoms with Crippen LogP contribution >= 0.6 is 0 Å². The number of hydrogen-bond donors (Lipinski definition) is 2. The molecule has 1 aliphatic heterocycles. The first kappa shape index (κ1) is 16.3. The molecule has 0 saturated carbocycles. The molecule has 1 fully saturated rings. The molecule has 8 heteroatoms. The Hall–Kier alpha value is -2.61. The molecule has 128 valence electrons. The van der Waals surface area contributed by atoms with Crippen LogP contribution in [0.1, 0.15) is 5.56 Å². The zero-order chi connectivity index (χ0) is 16.9. The van der Waals surface area contributed by atoms with Crippen LogP contribution in [-0.4, -0.2) is 58.9 Å². The zero-order valence-electron chi connectivity index (χ0n) is 14.1. The van der Waals surface area contributed by atoms with Crippen LogP contribution in [-0.2, 0) is 13.6 Å². The van der Waals surface area contributed by atoms with Crippen LogP contribution in [0.5, 0.6) is 0 Å². The van der Waals surface area contributed by atoms with Gasteiger partial charge in [-0.3, -0.25) is 10.00 Å². The van der Waals surface area contributed by atoms with Crippen LogP contribution in [0, 0.1) is 0 Å². The van der Waals surface area contributed by atoms with E-state index in [0.29, 0.717) is 12.4 Å². The largest absolute Gasteiger partial charge is 0.354 e. The quantitative estimate of drug-likeness (QED) is 0.871. The van der Waals surface area contributed by atoms with Gasteiger partial charge in [-0.1, -0.05) is 6.07 Å². The normalized spacial score (nSPS) is 15.3. The summed E-state index contributed by atoms with van der Waals surface area (Å²) >= 11 is 0. The van der Waals surface area contributed by atoms with E-state index in [-0.39, 0.29) is 6.03 Å². The Morgan fingerprint density at radius 2 is 1.96 bits per heavy atom. The number of rotatable bonds is 4. The number of piperazine rings is 1. The van der Waals surface area contributed by atoms with Gasteiger partial charge in [-0.25, -0.2) is 9.78 Å². The zero-order valence-corrected chi connectivity index (χ0v) is 14.1. The van der Waals surface area contributed by atoms with Crippen molar-refractivity contribution in [2.24, 2.45) is 7.05 Å². The summed E-state index contributed by atoms with van der Waals surface area (Å²) in [4.78, 5) is 21.0. The molecule has 0 unspecified atom stereocenters. The van der Waals surface area contributed by atoms with Gasteiger partial charge in [0.2, 0.25) is 0 Å². The van der Waals surface area contributed by atoms with Crippen molar-refractivity contribution in [1.29, 1.82) is 0 Å². The summed E-state index contributed by atoms with van der Waals surface area (Å²) in [5.41, 5.74) is 0.966. The van der Waals surface area contributed by atoms with Gasteiger partial charge in [-0.05, 0) is 18.7 Å². The van der Waals surface area contributed by atoms with Crippen molar-refractivity contribution in [1.82, 2.24) is 25.0 Å². The molecule has 1 saturated heterocycles. The smallest absolute Gasteiger partial charge is 0.320 e. The van der Waals surface area contributed by atoms with E-state index in [1.54, 1.807) is 24.0 Å². The highest BCUT2D eigenvalue weighted by atomic mass is 16.2. The maximum Gasteiger partial charge on any atom is 0.320 e. The van der Waals surface area contributed by atoms with E-state index < -0.39 is 0 Å². The molecule has 2 aromatic rings. The lowest BCUT2D eigenvalue weighted by atomic mass is 10.2. The maximum absolute atomic E-state index is 11.9. The summed E-state index contributed by atoms with van der Waals surface area (Å²) in [7, 11) is 3.91. The van der Waals surface area contributed by atoms with E-state index >= 15 is 0 Å². The lowest BCUT2D eigenvalue weighted by molar-refractivity contribution is 0.251. The predicted octanol–water partition coefficient (Wildman–Crippen LogP) is 0.889. The number of nitrogens with one attached hydrogen (secondary N) is 2. The summed E-state index contributed by atoms with van der Waals surface area (Å²) in [5.74, 6) is 1.64. The number of aromatic nitrogens is 3. The van der Waals surface area contributed by atoms with Gasteiger partial charge in [0.25, 0.3) is 0 Å². The number of carbonyl (C=O) groups excluding carboxylic acids is 1. The number of anilines is 2. The van der Waals surface area contributed by atoms with Crippen molar-refractivity contribution in [2.45, 2.75) is 6.54 Å². The van der Waals surface area contributed by atoms with Crippen LogP contribution in [0.25, 0.3) is 0 Å². The highest BCUT2D eigenvalue weighted by Gasteiger charge is 2.15. The average molecular weight is 329 g/mol. The molecule has 2 amide bonds. The van der Waals surface area contributed by atoms with Gasteiger partial charge in [-0.15, -0.1) is 0 Å². The van der Waals surface area contributed by atoms with E-state index in [2.05, 4.69) is 37.6 Å².